The Morgan fingerprint density at radius 1 is 1.21 bits per heavy atom. The summed E-state index contributed by atoms with van der Waals surface area (Å²) in [4.78, 5) is 25.5. The predicted molar refractivity (Wildman–Crippen MR) is 75.2 cm³/mol. The second-order valence-corrected chi connectivity index (χ2v) is 5.20. The van der Waals surface area contributed by atoms with Crippen molar-refractivity contribution in [1.29, 1.82) is 0 Å². The van der Waals surface area contributed by atoms with Gasteiger partial charge in [-0.25, -0.2) is 0 Å². The standard InChI is InChI=1S/C14H17ClN2O2/c1-10-9-11(15)5-6-12(10)16-13(18)14(19)17-7-3-2-4-8-17/h5-6,9H,2-4,7-8H2,1H3,(H,16,18). The Kier molecular flexibility index (Phi) is 4.43. The second kappa shape index (κ2) is 6.06. The Balaban J connectivity index is 2.01. The van der Waals surface area contributed by atoms with E-state index in [1.807, 2.05) is 6.92 Å². The highest BCUT2D eigenvalue weighted by atomic mass is 35.5. The van der Waals surface area contributed by atoms with E-state index >= 15 is 0 Å². The van der Waals surface area contributed by atoms with E-state index in [2.05, 4.69) is 5.32 Å². The molecule has 0 radical (unpaired) electrons. The van der Waals surface area contributed by atoms with E-state index in [1.54, 1.807) is 23.1 Å². The predicted octanol–water partition coefficient (Wildman–Crippen LogP) is 2.60. The summed E-state index contributed by atoms with van der Waals surface area (Å²) in [7, 11) is 0. The van der Waals surface area contributed by atoms with E-state index in [9.17, 15) is 9.59 Å². The molecule has 2 rings (SSSR count). The number of amides is 2. The van der Waals surface area contributed by atoms with Gasteiger partial charge in [0.2, 0.25) is 0 Å². The van der Waals surface area contributed by atoms with Gasteiger partial charge in [-0.3, -0.25) is 9.59 Å². The molecule has 0 saturated carbocycles. The molecule has 19 heavy (non-hydrogen) atoms. The van der Waals surface area contributed by atoms with Gasteiger partial charge in [0.05, 0.1) is 0 Å². The number of carbonyl (C=O) groups is 2. The Morgan fingerprint density at radius 2 is 1.89 bits per heavy atom. The lowest BCUT2D eigenvalue weighted by Gasteiger charge is -2.26. The first-order chi connectivity index (χ1) is 9.08. The lowest BCUT2D eigenvalue weighted by Crippen LogP contribution is -2.42. The number of benzene rings is 1. The van der Waals surface area contributed by atoms with Gasteiger partial charge in [-0.15, -0.1) is 0 Å². The number of likely N-dealkylation sites (tertiary alicyclic amines) is 1. The van der Waals surface area contributed by atoms with Crippen LogP contribution in [-0.2, 0) is 9.59 Å². The molecule has 1 aliphatic rings. The average molecular weight is 281 g/mol. The van der Waals surface area contributed by atoms with Crippen LogP contribution in [0.1, 0.15) is 24.8 Å². The normalized spacial score (nSPS) is 15.2. The summed E-state index contributed by atoms with van der Waals surface area (Å²) < 4.78 is 0. The van der Waals surface area contributed by atoms with Crippen LogP contribution in [0.5, 0.6) is 0 Å². The van der Waals surface area contributed by atoms with Gasteiger partial charge in [0.25, 0.3) is 0 Å². The van der Waals surface area contributed by atoms with Crippen LogP contribution >= 0.6 is 11.6 Å². The lowest BCUT2D eigenvalue weighted by atomic mass is 10.1. The molecule has 1 N–H and O–H groups in total. The van der Waals surface area contributed by atoms with Crippen LogP contribution in [0.25, 0.3) is 0 Å². The zero-order valence-electron chi connectivity index (χ0n) is 10.9. The average Bonchev–Trinajstić information content (AvgIpc) is 2.42. The third kappa shape index (κ3) is 3.47. The number of nitrogens with one attached hydrogen (secondary N) is 1. The number of piperidine rings is 1. The maximum Gasteiger partial charge on any atom is 0.313 e. The zero-order chi connectivity index (χ0) is 13.8. The topological polar surface area (TPSA) is 49.4 Å². The minimum absolute atomic E-state index is 0.450. The van der Waals surface area contributed by atoms with Crippen molar-refractivity contribution in [3.63, 3.8) is 0 Å². The van der Waals surface area contributed by atoms with Crippen LogP contribution in [-0.4, -0.2) is 29.8 Å². The van der Waals surface area contributed by atoms with Crippen molar-refractivity contribution in [2.45, 2.75) is 26.2 Å². The molecule has 1 aliphatic heterocycles. The molecule has 1 aromatic rings. The fraction of sp³-hybridized carbons (Fsp3) is 0.429. The minimum atomic E-state index is -0.577. The number of aryl methyl sites for hydroxylation is 1. The van der Waals surface area contributed by atoms with E-state index < -0.39 is 11.8 Å². The van der Waals surface area contributed by atoms with E-state index in [1.165, 1.54) is 0 Å². The smallest absolute Gasteiger partial charge is 0.313 e. The summed E-state index contributed by atoms with van der Waals surface area (Å²) in [5.41, 5.74) is 1.46. The number of anilines is 1. The van der Waals surface area contributed by atoms with Crippen molar-refractivity contribution in [3.05, 3.63) is 28.8 Å². The Hall–Kier alpha value is -1.55. The third-order valence-electron chi connectivity index (χ3n) is 3.27. The largest absolute Gasteiger partial charge is 0.334 e. The lowest BCUT2D eigenvalue weighted by molar-refractivity contribution is -0.143. The number of hydrogen-bond donors (Lipinski definition) is 1. The third-order valence-corrected chi connectivity index (χ3v) is 3.51. The second-order valence-electron chi connectivity index (χ2n) is 4.77. The Labute approximate surface area is 117 Å². The number of rotatable bonds is 1. The molecule has 0 bridgehead atoms. The van der Waals surface area contributed by atoms with Crippen LogP contribution in [0.15, 0.2) is 18.2 Å². The number of hydrogen-bond acceptors (Lipinski definition) is 2. The summed E-state index contributed by atoms with van der Waals surface area (Å²) in [5, 5.41) is 3.25. The molecule has 2 amide bonds. The number of halogens is 1. The van der Waals surface area contributed by atoms with Crippen LogP contribution < -0.4 is 5.32 Å². The summed E-state index contributed by atoms with van der Waals surface area (Å²) in [6.45, 7) is 3.19. The fourth-order valence-electron chi connectivity index (χ4n) is 2.18. The molecule has 1 saturated heterocycles. The molecule has 0 unspecified atom stereocenters. The highest BCUT2D eigenvalue weighted by Crippen LogP contribution is 2.19. The van der Waals surface area contributed by atoms with Crippen molar-refractivity contribution in [2.75, 3.05) is 18.4 Å². The SMILES string of the molecule is Cc1cc(Cl)ccc1NC(=O)C(=O)N1CCCCC1. The molecule has 0 spiro atoms. The summed E-state index contributed by atoms with van der Waals surface area (Å²) in [5.74, 6) is -1.03. The van der Waals surface area contributed by atoms with Gasteiger partial charge in [0, 0.05) is 23.8 Å². The molecular weight excluding hydrogens is 264 g/mol. The van der Waals surface area contributed by atoms with Gasteiger partial charge in [-0.1, -0.05) is 11.6 Å². The molecule has 0 aromatic heterocycles. The van der Waals surface area contributed by atoms with E-state index in [0.717, 1.165) is 24.8 Å². The van der Waals surface area contributed by atoms with E-state index in [0.29, 0.717) is 23.8 Å². The maximum absolute atomic E-state index is 12.0. The van der Waals surface area contributed by atoms with Gasteiger partial charge in [-0.05, 0) is 49.9 Å². The monoisotopic (exact) mass is 280 g/mol. The molecular formula is C14H17ClN2O2. The Bertz CT molecular complexity index is 496. The van der Waals surface area contributed by atoms with Crippen LogP contribution in [0.4, 0.5) is 5.69 Å². The first kappa shape index (κ1) is 13.9. The van der Waals surface area contributed by atoms with Crippen molar-refractivity contribution in [3.8, 4) is 0 Å². The van der Waals surface area contributed by atoms with Gasteiger partial charge in [0.1, 0.15) is 0 Å². The van der Waals surface area contributed by atoms with Gasteiger partial charge >= 0.3 is 11.8 Å². The van der Waals surface area contributed by atoms with Crippen molar-refractivity contribution in [2.24, 2.45) is 0 Å². The summed E-state index contributed by atoms with van der Waals surface area (Å²) in [6.07, 6.45) is 3.07. The first-order valence-corrected chi connectivity index (χ1v) is 6.82. The highest BCUT2D eigenvalue weighted by Gasteiger charge is 2.23. The molecule has 1 fully saturated rings. The molecule has 1 aromatic carbocycles. The molecule has 5 heteroatoms. The molecule has 0 atom stereocenters. The number of nitrogens with zero attached hydrogens (tertiary/aromatic N) is 1. The van der Waals surface area contributed by atoms with Crippen LogP contribution in [0.2, 0.25) is 5.02 Å². The van der Waals surface area contributed by atoms with Crippen molar-refractivity contribution < 1.29 is 9.59 Å². The van der Waals surface area contributed by atoms with Crippen LogP contribution in [0, 0.1) is 6.92 Å². The van der Waals surface area contributed by atoms with E-state index in [-0.39, 0.29) is 0 Å². The first-order valence-electron chi connectivity index (χ1n) is 6.44. The quantitative estimate of drug-likeness (QED) is 0.804. The number of carbonyl (C=O) groups excluding carboxylic acids is 2. The molecule has 0 aliphatic carbocycles. The van der Waals surface area contributed by atoms with Gasteiger partial charge < -0.3 is 10.2 Å². The Morgan fingerprint density at radius 3 is 2.53 bits per heavy atom. The fourth-order valence-corrected chi connectivity index (χ4v) is 2.41. The van der Waals surface area contributed by atoms with Gasteiger partial charge in [0.15, 0.2) is 0 Å². The summed E-state index contributed by atoms with van der Waals surface area (Å²) in [6, 6.07) is 5.15. The molecule has 102 valence electrons. The molecule has 1 heterocycles. The summed E-state index contributed by atoms with van der Waals surface area (Å²) >= 11 is 5.85. The highest BCUT2D eigenvalue weighted by molar-refractivity contribution is 6.39. The van der Waals surface area contributed by atoms with Crippen molar-refractivity contribution >= 4 is 29.1 Å². The minimum Gasteiger partial charge on any atom is -0.334 e. The van der Waals surface area contributed by atoms with Gasteiger partial charge in [-0.2, -0.15) is 0 Å². The maximum atomic E-state index is 12.0. The zero-order valence-corrected chi connectivity index (χ0v) is 11.7. The molecule has 4 nitrogen and oxygen atoms in total. The van der Waals surface area contributed by atoms with Crippen LogP contribution in [0.3, 0.4) is 0 Å². The van der Waals surface area contributed by atoms with Crippen molar-refractivity contribution in [1.82, 2.24) is 4.90 Å². The van der Waals surface area contributed by atoms with E-state index in [4.69, 9.17) is 11.6 Å².